The summed E-state index contributed by atoms with van der Waals surface area (Å²) < 4.78 is 49.9. The van der Waals surface area contributed by atoms with Gasteiger partial charge in [0.2, 0.25) is 5.54 Å². The molecule has 0 radical (unpaired) electrons. The van der Waals surface area contributed by atoms with Crippen molar-refractivity contribution in [3.8, 4) is 5.75 Å². The highest BCUT2D eigenvalue weighted by atomic mass is 19.4. The molecule has 0 unspecified atom stereocenters. The van der Waals surface area contributed by atoms with Crippen molar-refractivity contribution >= 4 is 16.9 Å². The second-order valence-corrected chi connectivity index (χ2v) is 5.46. The zero-order valence-electron chi connectivity index (χ0n) is 13.9. The lowest BCUT2D eigenvalue weighted by Crippen LogP contribution is -2.61. The van der Waals surface area contributed by atoms with Gasteiger partial charge in [-0.2, -0.15) is 13.2 Å². The third-order valence-electron chi connectivity index (χ3n) is 3.63. The minimum absolute atomic E-state index is 0.0459. The Morgan fingerprint density at radius 1 is 1.16 bits per heavy atom. The molecular formula is C17H19F3N2O3. The minimum Gasteiger partial charge on any atom is -0.494 e. The zero-order chi connectivity index (χ0) is 18.7. The summed E-state index contributed by atoms with van der Waals surface area (Å²) in [5.41, 5.74) is 2.77. The summed E-state index contributed by atoms with van der Waals surface area (Å²) >= 11 is 0. The predicted octanol–water partition coefficient (Wildman–Crippen LogP) is 3.00. The lowest BCUT2D eigenvalue weighted by molar-refractivity contribution is -0.205. The number of carbonyl (C=O) groups excluding carboxylic acids is 1. The van der Waals surface area contributed by atoms with E-state index in [-0.39, 0.29) is 12.3 Å². The van der Waals surface area contributed by atoms with E-state index in [9.17, 15) is 18.0 Å². The second kappa shape index (κ2) is 7.26. The maximum Gasteiger partial charge on any atom is 0.417 e. The molecule has 2 aromatic rings. The summed E-state index contributed by atoms with van der Waals surface area (Å²) in [7, 11) is 0. The topological polar surface area (TPSA) is 74.4 Å². The van der Waals surface area contributed by atoms with Crippen LogP contribution in [0.4, 0.5) is 13.2 Å². The number of halogens is 3. The maximum absolute atomic E-state index is 13.3. The van der Waals surface area contributed by atoms with Crippen LogP contribution in [0.25, 0.3) is 10.9 Å². The molecule has 0 fully saturated rings. The summed E-state index contributed by atoms with van der Waals surface area (Å²) in [6.45, 7) is 3.56. The van der Waals surface area contributed by atoms with Gasteiger partial charge in [-0.15, -0.1) is 0 Å². The number of alkyl halides is 3. The lowest BCUT2D eigenvalue weighted by Gasteiger charge is -2.29. The van der Waals surface area contributed by atoms with Crippen molar-refractivity contribution < 1.29 is 27.4 Å². The Balaban J connectivity index is 2.36. The summed E-state index contributed by atoms with van der Waals surface area (Å²) in [5, 5.41) is 0.709. The van der Waals surface area contributed by atoms with Crippen molar-refractivity contribution in [2.24, 2.45) is 5.73 Å². The number of esters is 1. The normalized spacial score (nSPS) is 14.2. The molecule has 0 aliphatic heterocycles. The van der Waals surface area contributed by atoms with E-state index in [4.69, 9.17) is 10.5 Å². The molecule has 136 valence electrons. The first kappa shape index (κ1) is 19.0. The van der Waals surface area contributed by atoms with Gasteiger partial charge in [0, 0.05) is 17.5 Å². The molecule has 8 heteroatoms. The first-order valence-corrected chi connectivity index (χ1v) is 7.76. The smallest absolute Gasteiger partial charge is 0.417 e. The van der Waals surface area contributed by atoms with E-state index >= 15 is 0 Å². The number of nitrogens with two attached hydrogens (primary N) is 1. The number of hydrogen-bond donors (Lipinski definition) is 1. The van der Waals surface area contributed by atoms with Crippen molar-refractivity contribution in [1.29, 1.82) is 0 Å². The van der Waals surface area contributed by atoms with Gasteiger partial charge in [-0.1, -0.05) is 6.07 Å². The van der Waals surface area contributed by atoms with Crippen LogP contribution in [0.1, 0.15) is 19.5 Å². The number of aromatic nitrogens is 1. The Hall–Kier alpha value is -2.35. The average molecular weight is 356 g/mol. The van der Waals surface area contributed by atoms with Gasteiger partial charge in [0.05, 0.1) is 18.7 Å². The molecule has 0 bridgehead atoms. The van der Waals surface area contributed by atoms with Crippen LogP contribution in [0.5, 0.6) is 5.75 Å². The van der Waals surface area contributed by atoms with E-state index in [0.29, 0.717) is 23.3 Å². The fourth-order valence-corrected chi connectivity index (χ4v) is 2.33. The van der Waals surface area contributed by atoms with Crippen LogP contribution in [0.15, 0.2) is 30.3 Å². The Kier molecular flexibility index (Phi) is 5.52. The molecular weight excluding hydrogens is 337 g/mol. The summed E-state index contributed by atoms with van der Waals surface area (Å²) in [6.07, 6.45) is -5.77. The molecule has 25 heavy (non-hydrogen) atoms. The SMILES string of the molecule is CCOC(=O)[C@](N)(Cc1ccc2cc(OCC)ccc2n1)C(F)(F)F. The molecule has 0 aliphatic carbocycles. The van der Waals surface area contributed by atoms with Crippen molar-refractivity contribution in [3.63, 3.8) is 0 Å². The largest absolute Gasteiger partial charge is 0.494 e. The first-order chi connectivity index (χ1) is 11.7. The van der Waals surface area contributed by atoms with Crippen LogP contribution >= 0.6 is 0 Å². The van der Waals surface area contributed by atoms with Gasteiger partial charge < -0.3 is 15.2 Å². The van der Waals surface area contributed by atoms with Crippen molar-refractivity contribution in [1.82, 2.24) is 4.98 Å². The van der Waals surface area contributed by atoms with Crippen LogP contribution in [-0.2, 0) is 16.0 Å². The molecule has 1 heterocycles. The Morgan fingerprint density at radius 2 is 1.88 bits per heavy atom. The van der Waals surface area contributed by atoms with Crippen LogP contribution < -0.4 is 10.5 Å². The Morgan fingerprint density at radius 3 is 2.48 bits per heavy atom. The van der Waals surface area contributed by atoms with E-state index in [0.717, 1.165) is 0 Å². The van der Waals surface area contributed by atoms with Gasteiger partial charge in [-0.05, 0) is 38.1 Å². The molecule has 1 aromatic heterocycles. The number of carbonyl (C=O) groups is 1. The van der Waals surface area contributed by atoms with E-state index in [1.54, 1.807) is 24.3 Å². The number of nitrogens with zero attached hydrogens (tertiary/aromatic N) is 1. The van der Waals surface area contributed by atoms with Crippen LogP contribution in [-0.4, -0.2) is 35.9 Å². The number of rotatable bonds is 6. The zero-order valence-corrected chi connectivity index (χ0v) is 13.9. The van der Waals surface area contributed by atoms with Gasteiger partial charge in [0.25, 0.3) is 0 Å². The van der Waals surface area contributed by atoms with Crippen molar-refractivity contribution in [2.45, 2.75) is 32.0 Å². The molecule has 0 saturated carbocycles. The number of ether oxygens (including phenoxy) is 2. The second-order valence-electron chi connectivity index (χ2n) is 5.46. The molecule has 0 amide bonds. The van der Waals surface area contributed by atoms with Crippen LogP contribution in [0, 0.1) is 0 Å². The molecule has 0 aliphatic rings. The van der Waals surface area contributed by atoms with Gasteiger partial charge in [-0.25, -0.2) is 4.79 Å². The quantitative estimate of drug-likeness (QED) is 0.806. The maximum atomic E-state index is 13.3. The molecule has 1 aromatic carbocycles. The number of benzene rings is 1. The molecule has 0 spiro atoms. The first-order valence-electron chi connectivity index (χ1n) is 7.76. The summed E-state index contributed by atoms with van der Waals surface area (Å²) in [5.74, 6) is -0.879. The summed E-state index contributed by atoms with van der Waals surface area (Å²) in [4.78, 5) is 16.0. The lowest BCUT2D eigenvalue weighted by atomic mass is 9.93. The fourth-order valence-electron chi connectivity index (χ4n) is 2.33. The molecule has 5 nitrogen and oxygen atoms in total. The fraction of sp³-hybridized carbons (Fsp3) is 0.412. The van der Waals surface area contributed by atoms with Gasteiger partial charge >= 0.3 is 12.1 Å². The Bertz CT molecular complexity index is 764. The third kappa shape index (κ3) is 4.01. The van der Waals surface area contributed by atoms with E-state index in [1.807, 2.05) is 6.92 Å². The van der Waals surface area contributed by atoms with Gasteiger partial charge in [-0.3, -0.25) is 4.98 Å². The van der Waals surface area contributed by atoms with Gasteiger partial charge in [0.15, 0.2) is 0 Å². The molecule has 2 rings (SSSR count). The molecule has 2 N–H and O–H groups in total. The van der Waals surface area contributed by atoms with E-state index < -0.39 is 24.1 Å². The predicted molar refractivity (Wildman–Crippen MR) is 86.2 cm³/mol. The van der Waals surface area contributed by atoms with Crippen LogP contribution in [0.3, 0.4) is 0 Å². The number of fused-ring (bicyclic) bond motifs is 1. The van der Waals surface area contributed by atoms with Crippen LogP contribution in [0.2, 0.25) is 0 Å². The summed E-state index contributed by atoms with van der Waals surface area (Å²) in [6, 6.07) is 8.07. The highest BCUT2D eigenvalue weighted by Gasteiger charge is 2.59. The van der Waals surface area contributed by atoms with Crippen molar-refractivity contribution in [3.05, 3.63) is 36.0 Å². The highest BCUT2D eigenvalue weighted by molar-refractivity contribution is 5.83. The minimum atomic E-state index is -4.96. The van der Waals surface area contributed by atoms with E-state index in [2.05, 4.69) is 9.72 Å². The monoisotopic (exact) mass is 356 g/mol. The molecule has 1 atom stereocenters. The Labute approximate surface area is 142 Å². The third-order valence-corrected chi connectivity index (χ3v) is 3.63. The molecule has 0 saturated heterocycles. The van der Waals surface area contributed by atoms with Gasteiger partial charge in [0.1, 0.15) is 5.75 Å². The number of hydrogen-bond acceptors (Lipinski definition) is 5. The highest BCUT2D eigenvalue weighted by Crippen LogP contribution is 2.32. The number of pyridine rings is 1. The average Bonchev–Trinajstić information content (AvgIpc) is 2.54. The standard InChI is InChI=1S/C17H19F3N2O3/c1-3-24-13-7-8-14-11(9-13)5-6-12(22-14)10-16(21,17(18,19)20)15(23)25-4-2/h5-9H,3-4,10,21H2,1-2H3/t16-/m1/s1. The van der Waals surface area contributed by atoms with E-state index in [1.165, 1.54) is 13.0 Å². The van der Waals surface area contributed by atoms with Crippen molar-refractivity contribution in [2.75, 3.05) is 13.2 Å².